The van der Waals surface area contributed by atoms with E-state index in [4.69, 9.17) is 23.7 Å². The molecule has 206 valence electrons. The molecule has 0 fully saturated rings. The van der Waals surface area contributed by atoms with Gasteiger partial charge in [-0.05, 0) is 24.6 Å². The van der Waals surface area contributed by atoms with Crippen LogP contribution in [0, 0.1) is 0 Å². The van der Waals surface area contributed by atoms with Crippen molar-refractivity contribution in [3.63, 3.8) is 0 Å². The van der Waals surface area contributed by atoms with E-state index in [0.717, 1.165) is 0 Å². The Labute approximate surface area is 226 Å². The zero-order valence-corrected chi connectivity index (χ0v) is 22.4. The van der Waals surface area contributed by atoms with Gasteiger partial charge in [-0.25, -0.2) is 0 Å². The van der Waals surface area contributed by atoms with Gasteiger partial charge in [0, 0.05) is 56.6 Å². The molecule has 10 heteroatoms. The molecule has 3 N–H and O–H groups in total. The van der Waals surface area contributed by atoms with Crippen molar-refractivity contribution in [1.29, 1.82) is 0 Å². The predicted octanol–water partition coefficient (Wildman–Crippen LogP) is 3.30. The van der Waals surface area contributed by atoms with Gasteiger partial charge in [0.25, 0.3) is 0 Å². The van der Waals surface area contributed by atoms with Gasteiger partial charge in [0.05, 0.1) is 44.3 Å². The molecule has 1 aliphatic heterocycles. The SMILES string of the molecule is COc1c(O)c2c(=O)cc(OC)c3c4c(OC)cc(=O)c5c6c(c7c(c(c1[C@@H]([C@H](C)O)[C@H]7[C@@H](C)O)c23)c54)OCO6. The molecule has 4 atom stereocenters. The highest BCUT2D eigenvalue weighted by molar-refractivity contribution is 6.39. The van der Waals surface area contributed by atoms with Gasteiger partial charge in [-0.2, -0.15) is 0 Å². The van der Waals surface area contributed by atoms with Crippen LogP contribution in [-0.2, 0) is 0 Å². The number of phenolic OH excluding ortho intramolecular Hbond substituents is 1. The Kier molecular flexibility index (Phi) is 5.02. The molecule has 10 nitrogen and oxygen atoms in total. The van der Waals surface area contributed by atoms with Crippen LogP contribution in [-0.4, -0.2) is 55.6 Å². The fourth-order valence-electron chi connectivity index (χ4n) is 7.25. The van der Waals surface area contributed by atoms with E-state index in [1.807, 2.05) is 0 Å². The number of hydrogen-bond donors (Lipinski definition) is 3. The van der Waals surface area contributed by atoms with Crippen molar-refractivity contribution in [3.8, 4) is 34.5 Å². The highest BCUT2D eigenvalue weighted by atomic mass is 16.7. The molecule has 0 amide bonds. The van der Waals surface area contributed by atoms with Crippen molar-refractivity contribution in [2.24, 2.45) is 0 Å². The summed E-state index contributed by atoms with van der Waals surface area (Å²) < 4.78 is 29.0. The quantitative estimate of drug-likeness (QED) is 0.222. The molecule has 0 saturated carbocycles. The molecule has 0 spiro atoms. The fourth-order valence-corrected chi connectivity index (χ4v) is 7.25. The Bertz CT molecular complexity index is 1980. The van der Waals surface area contributed by atoms with Gasteiger partial charge in [0.15, 0.2) is 33.9 Å². The lowest BCUT2D eigenvalue weighted by atomic mass is 9.66. The number of benzene rings is 5. The average Bonchev–Trinajstić information content (AvgIpc) is 3.41. The zero-order chi connectivity index (χ0) is 28.4. The summed E-state index contributed by atoms with van der Waals surface area (Å²) in [7, 11) is 4.24. The number of ether oxygens (including phenoxy) is 5. The van der Waals surface area contributed by atoms with Crippen LogP contribution in [0.5, 0.6) is 34.5 Å². The summed E-state index contributed by atoms with van der Waals surface area (Å²) in [6.45, 7) is 3.06. The first kappa shape index (κ1) is 24.7. The normalized spacial score (nSPS) is 19.3. The van der Waals surface area contributed by atoms with E-state index in [0.29, 0.717) is 49.2 Å². The fraction of sp³-hybridized carbons (Fsp3) is 0.333. The van der Waals surface area contributed by atoms with Crippen LogP contribution in [0.15, 0.2) is 21.7 Å². The standard InChI is InChI=1S/C30H26O10/c1-9(31)15-16(10(2)32)26-24-22-18(29-30(26)40-8-39-29)12(34)7-14(37-4)20(22)19-13(36-3)6-11(33)17-21(19)23(24)25(15)28(38-5)27(17)35/h6-7,9-10,15-16,31-32,35H,8H2,1-5H3/t9-,10+,15-,16+/m0/s1. The molecule has 0 aromatic heterocycles. The van der Waals surface area contributed by atoms with Crippen LogP contribution >= 0.6 is 0 Å². The number of methoxy groups -OCH3 is 3. The van der Waals surface area contributed by atoms with Crippen molar-refractivity contribution >= 4 is 43.1 Å². The number of hydrogen-bond acceptors (Lipinski definition) is 10. The molecule has 0 bridgehead atoms. The molecule has 1 aliphatic carbocycles. The zero-order valence-electron chi connectivity index (χ0n) is 22.4. The molecule has 0 radical (unpaired) electrons. The van der Waals surface area contributed by atoms with Crippen LogP contribution in [0.3, 0.4) is 0 Å². The highest BCUT2D eigenvalue weighted by Crippen LogP contribution is 2.63. The molecule has 0 unspecified atom stereocenters. The van der Waals surface area contributed by atoms with Crippen LogP contribution in [0.4, 0.5) is 0 Å². The number of fused-ring (bicyclic) bond motifs is 4. The first-order valence-corrected chi connectivity index (χ1v) is 12.9. The molecule has 40 heavy (non-hydrogen) atoms. The molecule has 7 rings (SSSR count). The van der Waals surface area contributed by atoms with E-state index in [1.54, 1.807) is 13.8 Å². The second-order valence-electron chi connectivity index (χ2n) is 10.5. The summed E-state index contributed by atoms with van der Waals surface area (Å²) in [4.78, 5) is 27.2. The Morgan fingerprint density at radius 2 is 1.20 bits per heavy atom. The molecule has 5 aromatic carbocycles. The number of aliphatic hydroxyl groups is 2. The van der Waals surface area contributed by atoms with Crippen LogP contribution in [0.2, 0.25) is 0 Å². The van der Waals surface area contributed by atoms with Gasteiger partial charge in [-0.1, -0.05) is 0 Å². The average molecular weight is 547 g/mol. The number of aromatic hydroxyl groups is 1. The van der Waals surface area contributed by atoms with E-state index in [-0.39, 0.29) is 51.7 Å². The lowest BCUT2D eigenvalue weighted by Crippen LogP contribution is -2.32. The third-order valence-corrected chi connectivity index (χ3v) is 8.57. The van der Waals surface area contributed by atoms with E-state index < -0.39 is 29.5 Å². The maximum Gasteiger partial charge on any atom is 0.231 e. The van der Waals surface area contributed by atoms with E-state index in [2.05, 4.69) is 0 Å². The van der Waals surface area contributed by atoms with Crippen LogP contribution < -0.4 is 34.5 Å². The minimum Gasteiger partial charge on any atom is -0.504 e. The topological polar surface area (TPSA) is 141 Å². The predicted molar refractivity (Wildman–Crippen MR) is 148 cm³/mol. The smallest absolute Gasteiger partial charge is 0.231 e. The molecule has 1 heterocycles. The Hall–Kier alpha value is -4.28. The molecule has 2 aliphatic rings. The van der Waals surface area contributed by atoms with E-state index in [9.17, 15) is 24.9 Å². The summed E-state index contributed by atoms with van der Waals surface area (Å²) in [5, 5.41) is 37.1. The molecular weight excluding hydrogens is 520 g/mol. The largest absolute Gasteiger partial charge is 0.504 e. The van der Waals surface area contributed by atoms with E-state index >= 15 is 0 Å². The van der Waals surface area contributed by atoms with Crippen molar-refractivity contribution in [2.75, 3.05) is 28.1 Å². The molecule has 5 aromatic rings. The summed E-state index contributed by atoms with van der Waals surface area (Å²) in [6.07, 6.45) is -2.05. The maximum atomic E-state index is 13.7. The van der Waals surface area contributed by atoms with Gasteiger partial charge >= 0.3 is 0 Å². The summed E-state index contributed by atoms with van der Waals surface area (Å²) in [5.41, 5.74) is 0.0905. The first-order valence-electron chi connectivity index (χ1n) is 12.9. The third kappa shape index (κ3) is 2.70. The van der Waals surface area contributed by atoms with Gasteiger partial charge < -0.3 is 39.0 Å². The van der Waals surface area contributed by atoms with Crippen LogP contribution in [0.1, 0.15) is 36.8 Å². The van der Waals surface area contributed by atoms with Gasteiger partial charge in [-0.15, -0.1) is 0 Å². The number of rotatable bonds is 5. The van der Waals surface area contributed by atoms with Gasteiger partial charge in [0.2, 0.25) is 6.79 Å². The first-order chi connectivity index (χ1) is 19.2. The maximum absolute atomic E-state index is 13.7. The van der Waals surface area contributed by atoms with E-state index in [1.165, 1.54) is 33.5 Å². The Morgan fingerprint density at radius 1 is 0.700 bits per heavy atom. The minimum absolute atomic E-state index is 0.00177. The van der Waals surface area contributed by atoms with Crippen molar-refractivity contribution < 1.29 is 39.0 Å². The molecular formula is C30H26O10. The van der Waals surface area contributed by atoms with Crippen molar-refractivity contribution in [2.45, 2.75) is 37.9 Å². The second kappa shape index (κ2) is 8.12. The number of phenols is 1. The Morgan fingerprint density at radius 3 is 1.75 bits per heavy atom. The summed E-state index contributed by atoms with van der Waals surface area (Å²) in [5.74, 6) is -0.935. The molecule has 0 saturated heterocycles. The second-order valence-corrected chi connectivity index (χ2v) is 10.5. The third-order valence-electron chi connectivity index (χ3n) is 8.57. The van der Waals surface area contributed by atoms with Crippen molar-refractivity contribution in [1.82, 2.24) is 0 Å². The lowest BCUT2D eigenvalue weighted by Gasteiger charge is -2.39. The summed E-state index contributed by atoms with van der Waals surface area (Å²) >= 11 is 0. The minimum atomic E-state index is -1.04. The summed E-state index contributed by atoms with van der Waals surface area (Å²) in [6, 6.07) is 2.64. The van der Waals surface area contributed by atoms with Crippen LogP contribution in [0.25, 0.3) is 43.1 Å². The van der Waals surface area contributed by atoms with Gasteiger partial charge in [0.1, 0.15) is 11.5 Å². The highest BCUT2D eigenvalue weighted by Gasteiger charge is 2.46. The van der Waals surface area contributed by atoms with Gasteiger partial charge in [-0.3, -0.25) is 9.59 Å². The van der Waals surface area contributed by atoms with Crippen molar-refractivity contribution in [3.05, 3.63) is 43.7 Å². The Balaban J connectivity index is 1.99. The number of aliphatic hydroxyl groups excluding tert-OH is 2. The lowest BCUT2D eigenvalue weighted by molar-refractivity contribution is 0.0880. The monoisotopic (exact) mass is 546 g/mol.